The van der Waals surface area contributed by atoms with Crippen LogP contribution in [0.5, 0.6) is 5.75 Å². The molecule has 0 aliphatic heterocycles. The van der Waals surface area contributed by atoms with E-state index in [1.54, 1.807) is 25.4 Å². The maximum atomic E-state index is 12.7. The van der Waals surface area contributed by atoms with E-state index in [0.717, 1.165) is 22.6 Å². The Morgan fingerprint density at radius 3 is 2.67 bits per heavy atom. The quantitative estimate of drug-likeness (QED) is 0.710. The molecule has 2 heterocycles. The second-order valence-corrected chi connectivity index (χ2v) is 6.35. The van der Waals surface area contributed by atoms with Crippen LogP contribution in [0.3, 0.4) is 0 Å². The van der Waals surface area contributed by atoms with E-state index in [2.05, 4.69) is 9.97 Å². The number of methoxy groups -OCH3 is 1. The lowest BCUT2D eigenvalue weighted by Crippen LogP contribution is -2.22. The summed E-state index contributed by atoms with van der Waals surface area (Å²) in [7, 11) is 1.62. The highest BCUT2D eigenvalue weighted by Gasteiger charge is 2.13. The normalized spacial score (nSPS) is 11.0. The highest BCUT2D eigenvalue weighted by Crippen LogP contribution is 2.26. The lowest BCUT2D eigenvalue weighted by Gasteiger charge is -2.13. The predicted octanol–water partition coefficient (Wildman–Crippen LogP) is 3.77. The molecule has 5 nitrogen and oxygen atoms in total. The van der Waals surface area contributed by atoms with Crippen LogP contribution in [-0.2, 0) is 6.54 Å². The molecule has 0 amide bonds. The third-order valence-corrected chi connectivity index (χ3v) is 4.42. The Morgan fingerprint density at radius 1 is 1.21 bits per heavy atom. The third-order valence-electron chi connectivity index (χ3n) is 3.92. The molecule has 3 rings (SSSR count). The molecule has 0 spiro atoms. The molecule has 3 aromatic rings. The smallest absolute Gasteiger partial charge is 0.261 e. The first kappa shape index (κ1) is 16.7. The molecule has 24 heavy (non-hydrogen) atoms. The first-order chi connectivity index (χ1) is 11.4. The summed E-state index contributed by atoms with van der Waals surface area (Å²) < 4.78 is 6.89. The summed E-state index contributed by atoms with van der Waals surface area (Å²) in [5, 5.41) is 1.13. The summed E-state index contributed by atoms with van der Waals surface area (Å²) in [6.07, 6.45) is 3.20. The van der Waals surface area contributed by atoms with Gasteiger partial charge >= 0.3 is 0 Å². The minimum absolute atomic E-state index is 0.217. The fourth-order valence-electron chi connectivity index (χ4n) is 2.70. The van der Waals surface area contributed by atoms with Crippen LogP contribution in [0.15, 0.2) is 29.5 Å². The van der Waals surface area contributed by atoms with E-state index in [1.165, 1.54) is 10.9 Å². The molecule has 0 aliphatic carbocycles. The molecule has 7 heteroatoms. The van der Waals surface area contributed by atoms with Gasteiger partial charge in [-0.25, -0.2) is 4.98 Å². The molecule has 0 unspecified atom stereocenters. The number of fused-ring (bicyclic) bond motifs is 1. The zero-order valence-corrected chi connectivity index (χ0v) is 14.9. The lowest BCUT2D eigenvalue weighted by atomic mass is 10.1. The number of nitrogens with zero attached hydrogens (tertiary/aromatic N) is 3. The predicted molar refractivity (Wildman–Crippen MR) is 95.4 cm³/mol. The number of pyridine rings is 1. The Hall–Kier alpha value is -2.11. The number of rotatable bonds is 3. The van der Waals surface area contributed by atoms with Crippen molar-refractivity contribution in [3.05, 3.63) is 61.9 Å². The zero-order valence-electron chi connectivity index (χ0n) is 13.4. The van der Waals surface area contributed by atoms with Gasteiger partial charge in [0.2, 0.25) is 0 Å². The van der Waals surface area contributed by atoms with Gasteiger partial charge in [0, 0.05) is 22.3 Å². The van der Waals surface area contributed by atoms with Gasteiger partial charge in [0.25, 0.3) is 5.56 Å². The molecule has 0 saturated carbocycles. The average Bonchev–Trinajstić information content (AvgIpc) is 2.53. The van der Waals surface area contributed by atoms with Crippen molar-refractivity contribution in [1.82, 2.24) is 14.5 Å². The molecule has 0 aliphatic rings. The van der Waals surface area contributed by atoms with E-state index in [4.69, 9.17) is 27.9 Å². The van der Waals surface area contributed by atoms with E-state index >= 15 is 0 Å². The number of aryl methyl sites for hydroxylation is 1. The third kappa shape index (κ3) is 2.85. The molecule has 2 aromatic heterocycles. The van der Waals surface area contributed by atoms with Crippen molar-refractivity contribution in [3.63, 3.8) is 0 Å². The zero-order chi connectivity index (χ0) is 17.4. The Morgan fingerprint density at radius 2 is 1.96 bits per heavy atom. The topological polar surface area (TPSA) is 57.0 Å². The number of ether oxygens (including phenoxy) is 1. The second kappa shape index (κ2) is 6.42. The molecule has 0 saturated heterocycles. The summed E-state index contributed by atoms with van der Waals surface area (Å²) in [6.45, 7) is 4.13. The molecule has 0 radical (unpaired) electrons. The van der Waals surface area contributed by atoms with Gasteiger partial charge in [-0.1, -0.05) is 23.2 Å². The van der Waals surface area contributed by atoms with Crippen molar-refractivity contribution >= 4 is 34.1 Å². The van der Waals surface area contributed by atoms with Gasteiger partial charge in [0.15, 0.2) is 0 Å². The molecule has 124 valence electrons. The van der Waals surface area contributed by atoms with Crippen LogP contribution in [0.25, 0.3) is 10.9 Å². The van der Waals surface area contributed by atoms with Gasteiger partial charge in [-0.3, -0.25) is 14.3 Å². The van der Waals surface area contributed by atoms with Crippen LogP contribution in [0, 0.1) is 13.8 Å². The van der Waals surface area contributed by atoms with Gasteiger partial charge in [0.1, 0.15) is 5.75 Å². The standard InChI is InChI=1S/C17H15Cl2N3O2/c1-9-6-20-14(10(2)16(9)24-3)7-22-8-21-15-12(17(22)23)4-11(18)5-13(15)19/h4-6,8H,7H2,1-3H3. The highest BCUT2D eigenvalue weighted by atomic mass is 35.5. The number of hydrogen-bond donors (Lipinski definition) is 0. The van der Waals surface area contributed by atoms with Crippen molar-refractivity contribution < 1.29 is 4.74 Å². The van der Waals surface area contributed by atoms with Gasteiger partial charge in [-0.2, -0.15) is 0 Å². The SMILES string of the molecule is COc1c(C)cnc(Cn2cnc3c(Cl)cc(Cl)cc3c2=O)c1C. The molecule has 0 atom stereocenters. The van der Waals surface area contributed by atoms with E-state index in [-0.39, 0.29) is 12.1 Å². The maximum absolute atomic E-state index is 12.7. The maximum Gasteiger partial charge on any atom is 0.261 e. The van der Waals surface area contributed by atoms with Crippen LogP contribution >= 0.6 is 23.2 Å². The van der Waals surface area contributed by atoms with Crippen molar-refractivity contribution in [2.75, 3.05) is 7.11 Å². The van der Waals surface area contributed by atoms with Gasteiger partial charge in [-0.05, 0) is 26.0 Å². The number of halogens is 2. The lowest BCUT2D eigenvalue weighted by molar-refractivity contribution is 0.406. The van der Waals surface area contributed by atoms with Gasteiger partial charge in [0.05, 0.1) is 41.6 Å². The summed E-state index contributed by atoms with van der Waals surface area (Å²) in [5.41, 5.74) is 2.81. The minimum atomic E-state index is -0.217. The van der Waals surface area contributed by atoms with Gasteiger partial charge < -0.3 is 4.74 Å². The van der Waals surface area contributed by atoms with Crippen molar-refractivity contribution in [1.29, 1.82) is 0 Å². The molecular formula is C17H15Cl2N3O2. The van der Waals surface area contributed by atoms with E-state index in [0.29, 0.717) is 20.9 Å². The van der Waals surface area contributed by atoms with E-state index in [9.17, 15) is 4.79 Å². The Kier molecular flexibility index (Phi) is 4.47. The fraction of sp³-hybridized carbons (Fsp3) is 0.235. The molecule has 0 bridgehead atoms. The summed E-state index contributed by atoms with van der Waals surface area (Å²) in [6, 6.07) is 3.14. The average molecular weight is 364 g/mol. The number of benzene rings is 1. The van der Waals surface area contributed by atoms with Crippen molar-refractivity contribution in [3.8, 4) is 5.75 Å². The Labute approximate surface area is 148 Å². The number of hydrogen-bond acceptors (Lipinski definition) is 4. The molecule has 0 fully saturated rings. The molecule has 0 N–H and O–H groups in total. The van der Waals surface area contributed by atoms with E-state index < -0.39 is 0 Å². The second-order valence-electron chi connectivity index (χ2n) is 5.51. The Bertz CT molecular complexity index is 999. The summed E-state index contributed by atoms with van der Waals surface area (Å²) >= 11 is 12.1. The van der Waals surface area contributed by atoms with Crippen molar-refractivity contribution in [2.24, 2.45) is 0 Å². The van der Waals surface area contributed by atoms with Crippen molar-refractivity contribution in [2.45, 2.75) is 20.4 Å². The van der Waals surface area contributed by atoms with Crippen LogP contribution in [-0.4, -0.2) is 21.6 Å². The molecule has 1 aromatic carbocycles. The molecular weight excluding hydrogens is 349 g/mol. The van der Waals surface area contributed by atoms with Gasteiger partial charge in [-0.15, -0.1) is 0 Å². The monoisotopic (exact) mass is 363 g/mol. The van der Waals surface area contributed by atoms with E-state index in [1.807, 2.05) is 13.8 Å². The Balaban J connectivity index is 2.12. The van der Waals surface area contributed by atoms with Crippen LogP contribution < -0.4 is 10.3 Å². The minimum Gasteiger partial charge on any atom is -0.496 e. The summed E-state index contributed by atoms with van der Waals surface area (Å²) in [4.78, 5) is 21.4. The highest BCUT2D eigenvalue weighted by molar-refractivity contribution is 6.38. The van der Waals surface area contributed by atoms with Crippen LogP contribution in [0.2, 0.25) is 10.0 Å². The summed E-state index contributed by atoms with van der Waals surface area (Å²) in [5.74, 6) is 0.771. The van der Waals surface area contributed by atoms with Crippen LogP contribution in [0.1, 0.15) is 16.8 Å². The fourth-order valence-corrected chi connectivity index (χ4v) is 3.24. The first-order valence-corrected chi connectivity index (χ1v) is 8.01. The number of aromatic nitrogens is 3. The van der Waals surface area contributed by atoms with Crippen LogP contribution in [0.4, 0.5) is 0 Å². The largest absolute Gasteiger partial charge is 0.496 e. The first-order valence-electron chi connectivity index (χ1n) is 7.25.